The fourth-order valence-corrected chi connectivity index (χ4v) is 2.66. The molecule has 0 aliphatic carbocycles. The van der Waals surface area contributed by atoms with E-state index in [-0.39, 0.29) is 11.8 Å². The fraction of sp³-hybridized carbons (Fsp3) is 0.333. The van der Waals surface area contributed by atoms with Gasteiger partial charge in [-0.15, -0.1) is 0 Å². The molecular weight excluding hydrogens is 328 g/mol. The van der Waals surface area contributed by atoms with Crippen molar-refractivity contribution < 1.29 is 14.3 Å². The van der Waals surface area contributed by atoms with Crippen LogP contribution < -0.4 is 10.1 Å². The molecule has 0 radical (unpaired) electrons. The number of aryl methyl sites for hydroxylation is 1. The lowest BCUT2D eigenvalue weighted by Gasteiger charge is -2.11. The fourth-order valence-electron chi connectivity index (χ4n) is 2.66. The lowest BCUT2D eigenvalue weighted by Crippen LogP contribution is -2.26. The summed E-state index contributed by atoms with van der Waals surface area (Å²) in [6.07, 6.45) is 1.81. The third-order valence-corrected chi connectivity index (χ3v) is 4.16. The highest BCUT2D eigenvalue weighted by molar-refractivity contribution is 5.93. The van der Waals surface area contributed by atoms with E-state index in [0.29, 0.717) is 24.9 Å². The van der Waals surface area contributed by atoms with E-state index in [1.807, 2.05) is 36.4 Å². The van der Waals surface area contributed by atoms with Gasteiger partial charge in [-0.1, -0.05) is 30.3 Å². The first-order valence-electron chi connectivity index (χ1n) is 8.70. The molecule has 5 heteroatoms. The molecule has 0 aliphatic rings. The van der Waals surface area contributed by atoms with Crippen molar-refractivity contribution in [2.45, 2.75) is 19.3 Å². The van der Waals surface area contributed by atoms with Crippen LogP contribution in [0.4, 0.5) is 0 Å². The van der Waals surface area contributed by atoms with E-state index >= 15 is 0 Å². The Balaban J connectivity index is 1.75. The number of carbonyl (C=O) groups excluding carboxylic acids is 2. The quantitative estimate of drug-likeness (QED) is 0.793. The normalized spacial score (nSPS) is 10.3. The third-order valence-electron chi connectivity index (χ3n) is 4.16. The van der Waals surface area contributed by atoms with Crippen molar-refractivity contribution in [3.05, 3.63) is 65.2 Å². The maximum atomic E-state index is 12.0. The van der Waals surface area contributed by atoms with Gasteiger partial charge in [0.2, 0.25) is 5.91 Å². The van der Waals surface area contributed by atoms with Crippen LogP contribution in [-0.2, 0) is 17.6 Å². The zero-order valence-corrected chi connectivity index (χ0v) is 15.6. The van der Waals surface area contributed by atoms with Gasteiger partial charge in [0, 0.05) is 32.6 Å². The lowest BCUT2D eigenvalue weighted by atomic mass is 10.1. The summed E-state index contributed by atoms with van der Waals surface area (Å²) in [6.45, 7) is 0.579. The molecule has 2 rings (SSSR count). The number of rotatable bonds is 8. The Morgan fingerprint density at radius 3 is 2.35 bits per heavy atom. The van der Waals surface area contributed by atoms with E-state index < -0.39 is 0 Å². The second kappa shape index (κ2) is 9.61. The molecule has 0 aliphatic heterocycles. The first kappa shape index (κ1) is 19.5. The molecule has 26 heavy (non-hydrogen) atoms. The van der Waals surface area contributed by atoms with Crippen LogP contribution in [-0.4, -0.2) is 44.5 Å². The van der Waals surface area contributed by atoms with Gasteiger partial charge >= 0.3 is 0 Å². The first-order chi connectivity index (χ1) is 12.5. The van der Waals surface area contributed by atoms with Crippen LogP contribution in [0.2, 0.25) is 0 Å². The van der Waals surface area contributed by atoms with Gasteiger partial charge < -0.3 is 15.0 Å². The second-order valence-corrected chi connectivity index (χ2v) is 6.31. The maximum Gasteiger partial charge on any atom is 0.253 e. The number of carbonyl (C=O) groups is 2. The zero-order valence-electron chi connectivity index (χ0n) is 15.6. The van der Waals surface area contributed by atoms with Crippen LogP contribution in [0.3, 0.4) is 0 Å². The minimum absolute atomic E-state index is 0.0216. The number of hydrogen-bond donors (Lipinski definition) is 1. The molecule has 0 saturated carbocycles. The minimum atomic E-state index is -0.0226. The monoisotopic (exact) mass is 354 g/mol. The van der Waals surface area contributed by atoms with Crippen LogP contribution in [0.5, 0.6) is 5.75 Å². The molecule has 0 fully saturated rings. The number of para-hydroxylation sites is 1. The molecule has 138 valence electrons. The summed E-state index contributed by atoms with van der Waals surface area (Å²) < 4.78 is 5.31. The summed E-state index contributed by atoms with van der Waals surface area (Å²) in [5.74, 6) is 0.841. The SMILES string of the molecule is COc1ccccc1CCNC(=O)CCc1ccc(C(=O)N(C)C)cc1. The maximum absolute atomic E-state index is 12.0. The van der Waals surface area contributed by atoms with Crippen molar-refractivity contribution >= 4 is 11.8 Å². The van der Waals surface area contributed by atoms with Crippen LogP contribution in [0.25, 0.3) is 0 Å². The number of methoxy groups -OCH3 is 1. The number of nitrogens with one attached hydrogen (secondary N) is 1. The molecule has 0 aromatic heterocycles. The standard InChI is InChI=1S/C21H26N2O3/c1-23(2)21(25)18-11-8-16(9-12-18)10-13-20(24)22-15-14-17-6-4-5-7-19(17)26-3/h4-9,11-12H,10,13-15H2,1-3H3,(H,22,24). The van der Waals surface area contributed by atoms with Crippen LogP contribution in [0.15, 0.2) is 48.5 Å². The Kier molecular flexibility index (Phi) is 7.21. The lowest BCUT2D eigenvalue weighted by molar-refractivity contribution is -0.121. The molecular formula is C21H26N2O3. The van der Waals surface area contributed by atoms with Gasteiger partial charge in [0.15, 0.2) is 0 Å². The van der Waals surface area contributed by atoms with E-state index in [4.69, 9.17) is 4.74 Å². The number of nitrogens with zero attached hydrogens (tertiary/aromatic N) is 1. The highest BCUT2D eigenvalue weighted by Crippen LogP contribution is 2.17. The summed E-state index contributed by atoms with van der Waals surface area (Å²) in [5, 5.41) is 2.94. The van der Waals surface area contributed by atoms with E-state index in [2.05, 4.69) is 5.32 Å². The number of amides is 2. The molecule has 0 bridgehead atoms. The number of benzene rings is 2. The topological polar surface area (TPSA) is 58.6 Å². The smallest absolute Gasteiger partial charge is 0.253 e. The molecule has 2 aromatic rings. The Hall–Kier alpha value is -2.82. The molecule has 0 unspecified atom stereocenters. The van der Waals surface area contributed by atoms with Crippen molar-refractivity contribution in [3.63, 3.8) is 0 Å². The van der Waals surface area contributed by atoms with Crippen molar-refractivity contribution in [2.24, 2.45) is 0 Å². The predicted octanol–water partition coefficient (Wildman–Crippen LogP) is 2.69. The summed E-state index contributed by atoms with van der Waals surface area (Å²) >= 11 is 0. The Bertz CT molecular complexity index is 739. The Morgan fingerprint density at radius 2 is 1.69 bits per heavy atom. The first-order valence-corrected chi connectivity index (χ1v) is 8.70. The Morgan fingerprint density at radius 1 is 1.00 bits per heavy atom. The number of ether oxygens (including phenoxy) is 1. The molecule has 2 aromatic carbocycles. The highest BCUT2D eigenvalue weighted by atomic mass is 16.5. The zero-order chi connectivity index (χ0) is 18.9. The van der Waals surface area contributed by atoms with Crippen molar-refractivity contribution in [2.75, 3.05) is 27.7 Å². The van der Waals surface area contributed by atoms with Gasteiger partial charge in [-0.05, 0) is 42.2 Å². The molecule has 0 saturated heterocycles. The van der Waals surface area contributed by atoms with Crippen molar-refractivity contribution in [3.8, 4) is 5.75 Å². The van der Waals surface area contributed by atoms with Gasteiger partial charge in [-0.25, -0.2) is 0 Å². The van der Waals surface area contributed by atoms with Gasteiger partial charge in [0.25, 0.3) is 5.91 Å². The third kappa shape index (κ3) is 5.62. The van der Waals surface area contributed by atoms with Crippen LogP contribution in [0.1, 0.15) is 27.9 Å². The predicted molar refractivity (Wildman–Crippen MR) is 102 cm³/mol. The van der Waals surface area contributed by atoms with E-state index in [1.165, 1.54) is 0 Å². The van der Waals surface area contributed by atoms with Gasteiger partial charge in [-0.2, -0.15) is 0 Å². The van der Waals surface area contributed by atoms with Gasteiger partial charge in [0.05, 0.1) is 7.11 Å². The second-order valence-electron chi connectivity index (χ2n) is 6.31. The van der Waals surface area contributed by atoms with E-state index in [0.717, 1.165) is 23.3 Å². The molecule has 5 nitrogen and oxygen atoms in total. The summed E-state index contributed by atoms with van der Waals surface area (Å²) in [4.78, 5) is 25.4. The number of hydrogen-bond acceptors (Lipinski definition) is 3. The average Bonchev–Trinajstić information content (AvgIpc) is 2.66. The minimum Gasteiger partial charge on any atom is -0.496 e. The van der Waals surface area contributed by atoms with E-state index in [9.17, 15) is 9.59 Å². The molecule has 0 heterocycles. The molecule has 2 amide bonds. The van der Waals surface area contributed by atoms with E-state index in [1.54, 1.807) is 38.2 Å². The summed E-state index contributed by atoms with van der Waals surface area (Å²) in [6, 6.07) is 15.2. The average molecular weight is 354 g/mol. The molecule has 0 atom stereocenters. The molecule has 1 N–H and O–H groups in total. The molecule has 0 spiro atoms. The summed E-state index contributed by atoms with van der Waals surface area (Å²) in [7, 11) is 5.10. The van der Waals surface area contributed by atoms with Gasteiger partial charge in [0.1, 0.15) is 5.75 Å². The Labute approximate surface area is 155 Å². The largest absolute Gasteiger partial charge is 0.496 e. The van der Waals surface area contributed by atoms with Gasteiger partial charge in [-0.3, -0.25) is 9.59 Å². The van der Waals surface area contributed by atoms with Crippen LogP contribution >= 0.6 is 0 Å². The summed E-state index contributed by atoms with van der Waals surface area (Å²) in [5.41, 5.74) is 2.77. The van der Waals surface area contributed by atoms with Crippen molar-refractivity contribution in [1.29, 1.82) is 0 Å². The van der Waals surface area contributed by atoms with Crippen LogP contribution in [0, 0.1) is 0 Å². The van der Waals surface area contributed by atoms with Crippen molar-refractivity contribution in [1.82, 2.24) is 10.2 Å². The highest BCUT2D eigenvalue weighted by Gasteiger charge is 2.08.